The summed E-state index contributed by atoms with van der Waals surface area (Å²) >= 11 is 0. The van der Waals surface area contributed by atoms with Crippen molar-refractivity contribution < 1.29 is 9.18 Å². The zero-order chi connectivity index (χ0) is 20.6. The number of carbonyl (C=O) groups excluding carboxylic acids is 1. The molecule has 6 heteroatoms. The minimum absolute atomic E-state index is 0.0808. The summed E-state index contributed by atoms with van der Waals surface area (Å²) in [5.41, 5.74) is 3.34. The van der Waals surface area contributed by atoms with Gasteiger partial charge in [-0.15, -0.1) is 0 Å². The molecule has 1 heterocycles. The highest BCUT2D eigenvalue weighted by atomic mass is 19.1. The molecule has 2 amide bonds. The number of hydrogen-bond acceptors (Lipinski definition) is 3. The van der Waals surface area contributed by atoms with E-state index < -0.39 is 0 Å². The number of urea groups is 1. The predicted octanol–water partition coefficient (Wildman–Crippen LogP) is 3.53. The van der Waals surface area contributed by atoms with E-state index in [-0.39, 0.29) is 17.9 Å². The van der Waals surface area contributed by atoms with Crippen LogP contribution in [-0.2, 0) is 6.54 Å². The molecule has 0 radical (unpaired) electrons. The normalized spacial score (nSPS) is 15.8. The fourth-order valence-corrected chi connectivity index (χ4v) is 3.61. The Kier molecular flexibility index (Phi) is 7.47. The quantitative estimate of drug-likeness (QED) is 0.750. The van der Waals surface area contributed by atoms with E-state index >= 15 is 0 Å². The molecule has 156 valence electrons. The first-order chi connectivity index (χ1) is 14.0. The second-order valence-corrected chi connectivity index (χ2v) is 7.81. The lowest BCUT2D eigenvalue weighted by atomic mass is 10.1. The van der Waals surface area contributed by atoms with Gasteiger partial charge in [-0.25, -0.2) is 9.18 Å². The topological polar surface area (TPSA) is 47.6 Å². The van der Waals surface area contributed by atoms with Crippen LogP contribution in [0.1, 0.15) is 24.5 Å². The van der Waals surface area contributed by atoms with Crippen molar-refractivity contribution in [2.24, 2.45) is 0 Å². The number of aryl methyl sites for hydroxylation is 1. The summed E-state index contributed by atoms with van der Waals surface area (Å²) in [4.78, 5) is 16.9. The molecule has 3 rings (SSSR count). The van der Waals surface area contributed by atoms with Crippen molar-refractivity contribution in [3.63, 3.8) is 0 Å². The molecule has 2 N–H and O–H groups in total. The lowest BCUT2D eigenvalue weighted by molar-refractivity contribution is 0.227. The van der Waals surface area contributed by atoms with E-state index in [0.717, 1.165) is 44.7 Å². The van der Waals surface area contributed by atoms with Crippen LogP contribution in [0.2, 0.25) is 0 Å². The molecule has 1 aliphatic heterocycles. The van der Waals surface area contributed by atoms with E-state index in [9.17, 15) is 9.18 Å². The summed E-state index contributed by atoms with van der Waals surface area (Å²) in [7, 11) is 0. The number of hydrogen-bond donors (Lipinski definition) is 2. The van der Waals surface area contributed by atoms with Gasteiger partial charge in [-0.1, -0.05) is 24.3 Å². The van der Waals surface area contributed by atoms with Gasteiger partial charge < -0.3 is 15.5 Å². The largest absolute Gasteiger partial charge is 0.369 e. The maximum atomic E-state index is 13.2. The van der Waals surface area contributed by atoms with Gasteiger partial charge in [0.25, 0.3) is 0 Å². The highest BCUT2D eigenvalue weighted by molar-refractivity contribution is 5.74. The van der Waals surface area contributed by atoms with Crippen molar-refractivity contribution in [2.75, 3.05) is 37.6 Å². The van der Waals surface area contributed by atoms with E-state index in [1.807, 2.05) is 6.92 Å². The third-order valence-electron chi connectivity index (χ3n) is 5.34. The van der Waals surface area contributed by atoms with Crippen LogP contribution < -0.4 is 15.5 Å². The number of anilines is 1. The van der Waals surface area contributed by atoms with Crippen LogP contribution in [0.4, 0.5) is 14.9 Å². The Morgan fingerprint density at radius 1 is 1.10 bits per heavy atom. The van der Waals surface area contributed by atoms with Crippen LogP contribution in [0.25, 0.3) is 0 Å². The van der Waals surface area contributed by atoms with Crippen molar-refractivity contribution in [3.8, 4) is 0 Å². The van der Waals surface area contributed by atoms with E-state index in [0.29, 0.717) is 6.54 Å². The van der Waals surface area contributed by atoms with Gasteiger partial charge in [-0.2, -0.15) is 0 Å². The van der Waals surface area contributed by atoms with Gasteiger partial charge in [-0.05, 0) is 55.7 Å². The number of carbonyl (C=O) groups is 1. The molecule has 1 fully saturated rings. The van der Waals surface area contributed by atoms with Gasteiger partial charge in [0.15, 0.2) is 0 Å². The Bertz CT molecular complexity index is 805. The number of nitrogens with one attached hydrogen (secondary N) is 2. The minimum atomic E-state index is -0.291. The van der Waals surface area contributed by atoms with Crippen molar-refractivity contribution in [1.82, 2.24) is 15.5 Å². The molecule has 1 atom stereocenters. The SMILES string of the molecule is Cc1cccc(N2CCN(CC[C@H](C)NC(=O)NCc3cccc(F)c3)CC2)c1. The fraction of sp³-hybridized carbons (Fsp3) is 0.435. The number of benzene rings is 2. The number of rotatable bonds is 7. The van der Waals surface area contributed by atoms with Gasteiger partial charge >= 0.3 is 6.03 Å². The summed E-state index contributed by atoms with van der Waals surface area (Å²) in [6.07, 6.45) is 0.901. The average molecular weight is 399 g/mol. The summed E-state index contributed by atoms with van der Waals surface area (Å²) in [6, 6.07) is 14.8. The second-order valence-electron chi connectivity index (χ2n) is 7.81. The molecule has 0 bridgehead atoms. The number of piperazine rings is 1. The zero-order valence-electron chi connectivity index (χ0n) is 17.3. The maximum Gasteiger partial charge on any atom is 0.315 e. The molecule has 1 aliphatic rings. The average Bonchev–Trinajstić information content (AvgIpc) is 2.71. The van der Waals surface area contributed by atoms with Crippen LogP contribution in [0.15, 0.2) is 48.5 Å². The minimum Gasteiger partial charge on any atom is -0.369 e. The molecule has 2 aromatic carbocycles. The highest BCUT2D eigenvalue weighted by Crippen LogP contribution is 2.17. The molecule has 0 unspecified atom stereocenters. The summed E-state index contributed by atoms with van der Waals surface area (Å²) in [5, 5.41) is 5.75. The standard InChI is InChI=1S/C23H31FN4O/c1-18-5-3-8-22(15-18)28-13-11-27(12-14-28)10-9-19(2)26-23(29)25-17-20-6-4-7-21(24)16-20/h3-8,15-16,19H,9-14,17H2,1-2H3,(H2,25,26,29)/t19-/m0/s1. The summed E-state index contributed by atoms with van der Waals surface area (Å²) in [5.74, 6) is -0.291. The first-order valence-corrected chi connectivity index (χ1v) is 10.3. The maximum absolute atomic E-state index is 13.2. The molecule has 0 saturated carbocycles. The molecule has 0 spiro atoms. The summed E-state index contributed by atoms with van der Waals surface area (Å²) in [6.45, 7) is 9.55. The molecule has 1 saturated heterocycles. The van der Waals surface area contributed by atoms with Crippen LogP contribution in [0.3, 0.4) is 0 Å². The molecule has 2 aromatic rings. The lowest BCUT2D eigenvalue weighted by Crippen LogP contribution is -2.48. The summed E-state index contributed by atoms with van der Waals surface area (Å²) < 4.78 is 13.2. The highest BCUT2D eigenvalue weighted by Gasteiger charge is 2.18. The van der Waals surface area contributed by atoms with E-state index in [1.54, 1.807) is 12.1 Å². The lowest BCUT2D eigenvalue weighted by Gasteiger charge is -2.36. The van der Waals surface area contributed by atoms with Crippen molar-refractivity contribution in [1.29, 1.82) is 0 Å². The fourth-order valence-electron chi connectivity index (χ4n) is 3.61. The molecule has 29 heavy (non-hydrogen) atoms. The van der Waals surface area contributed by atoms with Gasteiger partial charge in [0, 0.05) is 51.0 Å². The monoisotopic (exact) mass is 398 g/mol. The van der Waals surface area contributed by atoms with Crippen LogP contribution in [0.5, 0.6) is 0 Å². The third kappa shape index (κ3) is 6.75. The van der Waals surface area contributed by atoms with Gasteiger partial charge in [0.05, 0.1) is 0 Å². The molecule has 0 aromatic heterocycles. The van der Waals surface area contributed by atoms with Crippen molar-refractivity contribution >= 4 is 11.7 Å². The molecular formula is C23H31FN4O. The third-order valence-corrected chi connectivity index (χ3v) is 5.34. The first-order valence-electron chi connectivity index (χ1n) is 10.3. The Balaban J connectivity index is 1.33. The van der Waals surface area contributed by atoms with Crippen molar-refractivity contribution in [2.45, 2.75) is 32.9 Å². The predicted molar refractivity (Wildman–Crippen MR) is 116 cm³/mol. The zero-order valence-corrected chi connectivity index (χ0v) is 17.3. The molecule has 0 aliphatic carbocycles. The molecular weight excluding hydrogens is 367 g/mol. The van der Waals surface area contributed by atoms with Gasteiger partial charge in [0.1, 0.15) is 5.82 Å². The Morgan fingerprint density at radius 2 is 1.86 bits per heavy atom. The second kappa shape index (κ2) is 10.3. The first kappa shape index (κ1) is 21.1. The number of amides is 2. The van der Waals surface area contributed by atoms with E-state index in [2.05, 4.69) is 51.6 Å². The van der Waals surface area contributed by atoms with Crippen molar-refractivity contribution in [3.05, 3.63) is 65.5 Å². The Labute approximate surface area is 172 Å². The van der Waals surface area contributed by atoms with Gasteiger partial charge in [-0.3, -0.25) is 4.90 Å². The molecule has 5 nitrogen and oxygen atoms in total. The van der Waals surface area contributed by atoms with Crippen LogP contribution >= 0.6 is 0 Å². The Morgan fingerprint density at radius 3 is 2.59 bits per heavy atom. The van der Waals surface area contributed by atoms with Crippen LogP contribution in [-0.4, -0.2) is 49.7 Å². The number of halogens is 1. The van der Waals surface area contributed by atoms with Crippen LogP contribution in [0, 0.1) is 12.7 Å². The van der Waals surface area contributed by atoms with E-state index in [1.165, 1.54) is 23.4 Å². The Hall–Kier alpha value is -2.60. The smallest absolute Gasteiger partial charge is 0.315 e. The number of nitrogens with zero attached hydrogens (tertiary/aromatic N) is 2. The van der Waals surface area contributed by atoms with Gasteiger partial charge in [0.2, 0.25) is 0 Å². The van der Waals surface area contributed by atoms with E-state index in [4.69, 9.17) is 0 Å².